The van der Waals surface area contributed by atoms with Crippen LogP contribution in [0, 0.1) is 0 Å². The summed E-state index contributed by atoms with van der Waals surface area (Å²) in [5.74, 6) is 0.631. The summed E-state index contributed by atoms with van der Waals surface area (Å²) in [4.78, 5) is 22.9. The van der Waals surface area contributed by atoms with E-state index >= 15 is 0 Å². The highest BCUT2D eigenvalue weighted by molar-refractivity contribution is 6.34. The Labute approximate surface area is 218 Å². The van der Waals surface area contributed by atoms with Gasteiger partial charge in [-0.1, -0.05) is 36.9 Å². The van der Waals surface area contributed by atoms with Gasteiger partial charge in [0.2, 0.25) is 5.91 Å². The first-order valence-electron chi connectivity index (χ1n) is 12.4. The highest BCUT2D eigenvalue weighted by Crippen LogP contribution is 2.27. The molecule has 2 aromatic carbocycles. The fourth-order valence-corrected chi connectivity index (χ4v) is 4.29. The Morgan fingerprint density at radius 1 is 1.16 bits per heavy atom. The summed E-state index contributed by atoms with van der Waals surface area (Å²) in [6.07, 6.45) is 11.2. The van der Waals surface area contributed by atoms with Crippen LogP contribution in [0.15, 0.2) is 101 Å². The number of hydrogen-bond acceptors (Lipinski definition) is 6. The maximum absolute atomic E-state index is 11.8. The molecule has 1 saturated heterocycles. The van der Waals surface area contributed by atoms with Gasteiger partial charge in [0.25, 0.3) is 0 Å². The van der Waals surface area contributed by atoms with E-state index in [4.69, 9.17) is 9.73 Å². The normalized spacial score (nSPS) is 18.4. The smallest absolute Gasteiger partial charge is 0.247 e. The molecule has 7 heteroatoms. The minimum Gasteiger partial charge on any atom is -0.490 e. The second kappa shape index (κ2) is 12.6. The Kier molecular flexibility index (Phi) is 8.84. The summed E-state index contributed by atoms with van der Waals surface area (Å²) in [5, 5.41) is 6.17. The van der Waals surface area contributed by atoms with Crippen molar-refractivity contribution in [3.63, 3.8) is 0 Å². The largest absolute Gasteiger partial charge is 0.490 e. The van der Waals surface area contributed by atoms with Crippen molar-refractivity contribution in [2.75, 3.05) is 37.4 Å². The van der Waals surface area contributed by atoms with Crippen molar-refractivity contribution < 1.29 is 9.53 Å². The number of aliphatic imine (C=N–C) groups is 2. The lowest BCUT2D eigenvalue weighted by molar-refractivity contribution is -0.111. The van der Waals surface area contributed by atoms with Gasteiger partial charge in [-0.2, -0.15) is 0 Å². The molecule has 1 aliphatic heterocycles. The molecule has 2 aliphatic rings. The molecule has 1 aliphatic carbocycles. The van der Waals surface area contributed by atoms with Crippen LogP contribution in [0.4, 0.5) is 11.4 Å². The number of nitrogens with one attached hydrogen (secondary N) is 2. The number of likely N-dealkylation sites (tertiary alicyclic amines) is 1. The zero-order valence-electron chi connectivity index (χ0n) is 21.2. The van der Waals surface area contributed by atoms with Crippen molar-refractivity contribution in [2.24, 2.45) is 9.98 Å². The molecule has 2 aromatic rings. The van der Waals surface area contributed by atoms with Crippen LogP contribution in [-0.2, 0) is 4.79 Å². The Balaban J connectivity index is 1.45. The predicted octanol–water partition coefficient (Wildman–Crippen LogP) is 5.33. The van der Waals surface area contributed by atoms with Crippen molar-refractivity contribution in [3.8, 4) is 5.75 Å². The molecular formula is C30H33N5O2. The summed E-state index contributed by atoms with van der Waals surface area (Å²) >= 11 is 0. The quantitative estimate of drug-likeness (QED) is 0.364. The molecule has 0 atom stereocenters. The van der Waals surface area contributed by atoms with Crippen molar-refractivity contribution in [2.45, 2.75) is 18.9 Å². The maximum Gasteiger partial charge on any atom is 0.247 e. The SMILES string of the molecule is C=CC(=O)Nc1cccc(C2=CC=CC(=C/N=C)/C2=N\CNc2ccc(OC3CCN(C)CC3)cc2)c1. The Morgan fingerprint density at radius 3 is 2.68 bits per heavy atom. The molecule has 0 aromatic heterocycles. The lowest BCUT2D eigenvalue weighted by Crippen LogP contribution is -2.35. The van der Waals surface area contributed by atoms with Crippen LogP contribution in [0.3, 0.4) is 0 Å². The van der Waals surface area contributed by atoms with Gasteiger partial charge < -0.3 is 20.3 Å². The molecule has 0 unspecified atom stereocenters. The van der Waals surface area contributed by atoms with Gasteiger partial charge in [0.15, 0.2) is 0 Å². The summed E-state index contributed by atoms with van der Waals surface area (Å²) in [7, 11) is 2.15. The number of benzene rings is 2. The molecule has 0 radical (unpaired) electrons. The van der Waals surface area contributed by atoms with E-state index in [1.54, 1.807) is 6.20 Å². The fraction of sp³-hybridized carbons (Fsp3) is 0.233. The highest BCUT2D eigenvalue weighted by Gasteiger charge is 2.18. The molecule has 1 amide bonds. The van der Waals surface area contributed by atoms with Gasteiger partial charge in [0.1, 0.15) is 18.5 Å². The zero-order chi connectivity index (χ0) is 26.0. The van der Waals surface area contributed by atoms with E-state index in [9.17, 15) is 4.79 Å². The van der Waals surface area contributed by atoms with Gasteiger partial charge in [0, 0.05) is 41.8 Å². The predicted molar refractivity (Wildman–Crippen MR) is 154 cm³/mol. The van der Waals surface area contributed by atoms with E-state index < -0.39 is 0 Å². The molecule has 2 N–H and O–H groups in total. The van der Waals surface area contributed by atoms with E-state index in [0.717, 1.165) is 59.8 Å². The Hall–Kier alpha value is -4.23. The molecule has 1 heterocycles. The second-order valence-corrected chi connectivity index (χ2v) is 8.97. The number of carbonyl (C=O) groups is 1. The van der Waals surface area contributed by atoms with Gasteiger partial charge in [-0.25, -0.2) is 0 Å². The van der Waals surface area contributed by atoms with Gasteiger partial charge in [-0.05, 0) is 74.6 Å². The fourth-order valence-electron chi connectivity index (χ4n) is 4.29. The van der Waals surface area contributed by atoms with Crippen molar-refractivity contribution in [1.29, 1.82) is 0 Å². The van der Waals surface area contributed by atoms with Crippen LogP contribution < -0.4 is 15.4 Å². The molecule has 0 spiro atoms. The number of piperidine rings is 1. The van der Waals surface area contributed by atoms with E-state index in [1.807, 2.05) is 66.8 Å². The zero-order valence-corrected chi connectivity index (χ0v) is 21.2. The number of anilines is 2. The third-order valence-corrected chi connectivity index (χ3v) is 6.27. The summed E-state index contributed by atoms with van der Waals surface area (Å²) in [6.45, 7) is 9.63. The number of amides is 1. The number of rotatable bonds is 9. The third kappa shape index (κ3) is 7.15. The van der Waals surface area contributed by atoms with E-state index in [0.29, 0.717) is 12.4 Å². The molecule has 4 rings (SSSR count). The summed E-state index contributed by atoms with van der Waals surface area (Å²) < 4.78 is 6.15. The summed E-state index contributed by atoms with van der Waals surface area (Å²) in [5.41, 5.74) is 5.14. The van der Waals surface area contributed by atoms with E-state index in [1.165, 1.54) is 6.08 Å². The monoisotopic (exact) mass is 495 g/mol. The second-order valence-electron chi connectivity index (χ2n) is 8.97. The minimum absolute atomic E-state index is 0.257. The number of allylic oxidation sites excluding steroid dienone is 5. The standard InChI is InChI=1S/C30H33N5O2/c1-4-29(36)34-25-9-5-7-22(19-25)28-10-6-8-23(20-31-2)30(28)33-21-32-24-11-13-26(14-12-24)37-27-15-17-35(3)18-16-27/h4-14,19-20,27,32H,1-2,15-18,21H2,3H3,(H,34,36)/b23-20-,33-30+. The Morgan fingerprint density at radius 2 is 1.95 bits per heavy atom. The molecule has 190 valence electrons. The van der Waals surface area contributed by atoms with Crippen LogP contribution >= 0.6 is 0 Å². The average molecular weight is 496 g/mol. The van der Waals surface area contributed by atoms with Gasteiger partial charge >= 0.3 is 0 Å². The number of ether oxygens (including phenoxy) is 1. The molecular weight excluding hydrogens is 462 g/mol. The third-order valence-electron chi connectivity index (χ3n) is 6.27. The van der Waals surface area contributed by atoms with Crippen LogP contribution in [-0.4, -0.2) is 56.1 Å². The number of hydrogen-bond donors (Lipinski definition) is 2. The summed E-state index contributed by atoms with van der Waals surface area (Å²) in [6, 6.07) is 15.7. The first-order chi connectivity index (χ1) is 18.1. The lowest BCUT2D eigenvalue weighted by atomic mass is 9.92. The molecule has 0 bridgehead atoms. The maximum atomic E-state index is 11.8. The van der Waals surface area contributed by atoms with Crippen LogP contribution in [0.1, 0.15) is 18.4 Å². The van der Waals surface area contributed by atoms with Gasteiger partial charge in [0.05, 0.1) is 5.71 Å². The first kappa shape index (κ1) is 25.9. The average Bonchev–Trinajstić information content (AvgIpc) is 2.92. The number of nitrogens with zero attached hydrogens (tertiary/aromatic N) is 3. The lowest BCUT2D eigenvalue weighted by Gasteiger charge is -2.29. The Bertz CT molecular complexity index is 1250. The molecule has 7 nitrogen and oxygen atoms in total. The van der Waals surface area contributed by atoms with Crippen LogP contribution in [0.2, 0.25) is 0 Å². The van der Waals surface area contributed by atoms with Crippen LogP contribution in [0.25, 0.3) is 5.57 Å². The van der Waals surface area contributed by atoms with Crippen LogP contribution in [0.5, 0.6) is 5.75 Å². The van der Waals surface area contributed by atoms with E-state index in [-0.39, 0.29) is 12.0 Å². The first-order valence-corrected chi connectivity index (χ1v) is 12.4. The van der Waals surface area contributed by atoms with Crippen molar-refractivity contribution in [3.05, 3.63) is 96.8 Å². The molecule has 0 saturated carbocycles. The minimum atomic E-state index is -0.257. The number of carbonyl (C=O) groups excluding carboxylic acids is 1. The topological polar surface area (TPSA) is 78.3 Å². The molecule has 1 fully saturated rings. The molecule has 37 heavy (non-hydrogen) atoms. The van der Waals surface area contributed by atoms with E-state index in [2.05, 4.69) is 40.9 Å². The highest BCUT2D eigenvalue weighted by atomic mass is 16.5. The van der Waals surface area contributed by atoms with Gasteiger partial charge in [-0.15, -0.1) is 0 Å². The van der Waals surface area contributed by atoms with Gasteiger partial charge in [-0.3, -0.25) is 14.8 Å². The van der Waals surface area contributed by atoms with Crippen molar-refractivity contribution in [1.82, 2.24) is 4.90 Å². The van der Waals surface area contributed by atoms with Crippen molar-refractivity contribution >= 4 is 35.3 Å².